The van der Waals surface area contributed by atoms with Gasteiger partial charge in [-0.2, -0.15) is 0 Å². The minimum atomic E-state index is -0.103. The first-order valence-electron chi connectivity index (χ1n) is 7.52. The third-order valence-electron chi connectivity index (χ3n) is 4.12. The molecule has 0 saturated carbocycles. The normalized spacial score (nSPS) is 15.3. The average Bonchev–Trinajstić information content (AvgIpc) is 2.60. The fraction of sp³-hybridized carbons (Fsp3) is 0.211. The van der Waals surface area contributed by atoms with Crippen LogP contribution in [0.1, 0.15) is 27.9 Å². The van der Waals surface area contributed by atoms with E-state index in [9.17, 15) is 9.90 Å². The highest BCUT2D eigenvalue weighted by Crippen LogP contribution is 2.36. The van der Waals surface area contributed by atoms with Gasteiger partial charge in [-0.3, -0.25) is 4.79 Å². The summed E-state index contributed by atoms with van der Waals surface area (Å²) in [5.74, 6) is 0.933. The van der Waals surface area contributed by atoms with Crippen molar-refractivity contribution in [3.8, 4) is 17.2 Å². The van der Waals surface area contributed by atoms with Gasteiger partial charge in [0.25, 0.3) is 0 Å². The van der Waals surface area contributed by atoms with Gasteiger partial charge in [0.15, 0.2) is 17.3 Å². The van der Waals surface area contributed by atoms with Crippen LogP contribution in [0.5, 0.6) is 17.2 Å². The highest BCUT2D eigenvalue weighted by Gasteiger charge is 2.22. The molecule has 4 nitrogen and oxygen atoms in total. The second kappa shape index (κ2) is 6.57. The summed E-state index contributed by atoms with van der Waals surface area (Å²) in [6.45, 7) is 0. The molecule has 24 heavy (non-hydrogen) atoms. The molecule has 0 aliphatic heterocycles. The topological polar surface area (TPSA) is 55.8 Å². The Morgan fingerprint density at radius 3 is 2.62 bits per heavy atom. The summed E-state index contributed by atoms with van der Waals surface area (Å²) in [5, 5.41) is 9.99. The molecule has 1 N–H and O–H groups in total. The predicted molar refractivity (Wildman–Crippen MR) is 93.3 cm³/mol. The largest absolute Gasteiger partial charge is 0.503 e. The number of methoxy groups -OCH3 is 2. The molecule has 124 valence electrons. The third-order valence-corrected chi connectivity index (χ3v) is 4.41. The number of aromatic hydroxyl groups is 1. The standard InChI is InChI=1S/C19H17ClO4/c1-23-14-5-6-15-12(10-14)3-4-13(18(15)21)7-11-8-16(20)19(22)17(9-11)24-2/h5-10,22H,3-4H2,1-2H3/b13-7-. The van der Waals surface area contributed by atoms with Gasteiger partial charge in [0.05, 0.1) is 19.2 Å². The van der Waals surface area contributed by atoms with Crippen LogP contribution in [-0.2, 0) is 6.42 Å². The molecule has 0 saturated heterocycles. The highest BCUT2D eigenvalue weighted by atomic mass is 35.5. The molecule has 5 heteroatoms. The molecule has 0 bridgehead atoms. The minimum Gasteiger partial charge on any atom is -0.503 e. The van der Waals surface area contributed by atoms with Crippen molar-refractivity contribution in [1.29, 1.82) is 0 Å². The number of phenols is 1. The van der Waals surface area contributed by atoms with Crippen molar-refractivity contribution in [3.05, 3.63) is 57.6 Å². The van der Waals surface area contributed by atoms with Crippen molar-refractivity contribution in [2.75, 3.05) is 14.2 Å². The molecule has 1 aliphatic carbocycles. The number of phenolic OH excluding ortho intramolecular Hbond substituents is 1. The number of carbonyl (C=O) groups is 1. The van der Waals surface area contributed by atoms with Gasteiger partial charge in [0.2, 0.25) is 0 Å². The van der Waals surface area contributed by atoms with Crippen LogP contribution >= 0.6 is 11.6 Å². The molecule has 0 amide bonds. The molecule has 0 fully saturated rings. The van der Waals surface area contributed by atoms with Gasteiger partial charge in [-0.25, -0.2) is 0 Å². The number of ether oxygens (including phenoxy) is 2. The summed E-state index contributed by atoms with van der Waals surface area (Å²) in [7, 11) is 3.07. The predicted octanol–water partition coefficient (Wildman–Crippen LogP) is 4.28. The van der Waals surface area contributed by atoms with Crippen molar-refractivity contribution in [2.45, 2.75) is 12.8 Å². The molecular formula is C19H17ClO4. The number of hydrogen-bond donors (Lipinski definition) is 1. The van der Waals surface area contributed by atoms with Gasteiger partial charge in [0, 0.05) is 11.1 Å². The molecular weight excluding hydrogens is 328 g/mol. The maximum Gasteiger partial charge on any atom is 0.189 e. The molecule has 0 radical (unpaired) electrons. The van der Waals surface area contributed by atoms with E-state index >= 15 is 0 Å². The zero-order valence-electron chi connectivity index (χ0n) is 13.4. The van der Waals surface area contributed by atoms with Crippen LogP contribution in [0, 0.1) is 0 Å². The summed E-state index contributed by atoms with van der Waals surface area (Å²) in [6.07, 6.45) is 3.20. The number of benzene rings is 2. The van der Waals surface area contributed by atoms with Gasteiger partial charge < -0.3 is 14.6 Å². The first-order chi connectivity index (χ1) is 11.5. The molecule has 1 aliphatic rings. The van der Waals surface area contributed by atoms with E-state index in [0.717, 1.165) is 23.3 Å². The van der Waals surface area contributed by atoms with E-state index in [1.807, 2.05) is 6.07 Å². The van der Waals surface area contributed by atoms with Crippen LogP contribution in [0.15, 0.2) is 35.9 Å². The molecule has 3 rings (SSSR count). The van der Waals surface area contributed by atoms with Crippen molar-refractivity contribution in [1.82, 2.24) is 0 Å². The highest BCUT2D eigenvalue weighted by molar-refractivity contribution is 6.32. The van der Waals surface area contributed by atoms with Gasteiger partial charge in [-0.15, -0.1) is 0 Å². The SMILES string of the molecule is COc1ccc2c(c1)CC/C(=C/c1cc(Cl)c(O)c(OC)c1)C2=O. The van der Waals surface area contributed by atoms with E-state index in [-0.39, 0.29) is 22.3 Å². The molecule has 0 aromatic heterocycles. The Hall–Kier alpha value is -2.46. The summed E-state index contributed by atoms with van der Waals surface area (Å²) < 4.78 is 10.3. The number of allylic oxidation sites excluding steroid dienone is 1. The Morgan fingerprint density at radius 2 is 1.92 bits per heavy atom. The van der Waals surface area contributed by atoms with Crippen LogP contribution in [0.2, 0.25) is 5.02 Å². The quantitative estimate of drug-likeness (QED) is 0.844. The third kappa shape index (κ3) is 2.97. The first kappa shape index (κ1) is 16.4. The molecule has 0 spiro atoms. The lowest BCUT2D eigenvalue weighted by molar-refractivity contribution is 0.102. The Balaban J connectivity index is 1.97. The lowest BCUT2D eigenvalue weighted by atomic mass is 9.86. The number of Topliss-reactive ketones (excluding diaryl/α,β-unsaturated/α-hetero) is 1. The van der Waals surface area contributed by atoms with E-state index in [2.05, 4.69) is 0 Å². The van der Waals surface area contributed by atoms with E-state index in [1.54, 1.807) is 37.5 Å². The summed E-state index contributed by atoms with van der Waals surface area (Å²) in [4.78, 5) is 12.7. The Labute approximate surface area is 145 Å². The fourth-order valence-electron chi connectivity index (χ4n) is 2.85. The van der Waals surface area contributed by atoms with Gasteiger partial charge in [-0.05, 0) is 60.4 Å². The molecule has 2 aromatic carbocycles. The minimum absolute atomic E-state index is 0.00191. The van der Waals surface area contributed by atoms with E-state index in [4.69, 9.17) is 21.1 Å². The summed E-state index contributed by atoms with van der Waals surface area (Å²) in [6, 6.07) is 8.77. The summed E-state index contributed by atoms with van der Waals surface area (Å²) >= 11 is 6.01. The molecule has 0 unspecified atom stereocenters. The maximum absolute atomic E-state index is 12.7. The van der Waals surface area contributed by atoms with Crippen molar-refractivity contribution in [3.63, 3.8) is 0 Å². The lowest BCUT2D eigenvalue weighted by Gasteiger charge is -2.18. The second-order valence-electron chi connectivity index (χ2n) is 5.58. The number of aryl methyl sites for hydroxylation is 1. The Morgan fingerprint density at radius 1 is 1.12 bits per heavy atom. The zero-order valence-corrected chi connectivity index (χ0v) is 14.2. The van der Waals surface area contributed by atoms with Gasteiger partial charge >= 0.3 is 0 Å². The average molecular weight is 345 g/mol. The Bertz CT molecular complexity index is 840. The van der Waals surface area contributed by atoms with Crippen molar-refractivity contribution >= 4 is 23.5 Å². The van der Waals surface area contributed by atoms with Crippen LogP contribution in [0.25, 0.3) is 6.08 Å². The lowest BCUT2D eigenvalue weighted by Crippen LogP contribution is -2.14. The molecule has 0 heterocycles. The zero-order chi connectivity index (χ0) is 17.3. The Kier molecular flexibility index (Phi) is 4.49. The monoisotopic (exact) mass is 344 g/mol. The van der Waals surface area contributed by atoms with E-state index < -0.39 is 0 Å². The number of rotatable bonds is 3. The number of halogens is 1. The van der Waals surface area contributed by atoms with E-state index in [1.165, 1.54) is 7.11 Å². The van der Waals surface area contributed by atoms with Crippen LogP contribution in [-0.4, -0.2) is 25.1 Å². The number of hydrogen-bond acceptors (Lipinski definition) is 4. The van der Waals surface area contributed by atoms with E-state index in [0.29, 0.717) is 17.6 Å². The number of ketones is 1. The smallest absolute Gasteiger partial charge is 0.189 e. The van der Waals surface area contributed by atoms with Crippen LogP contribution < -0.4 is 9.47 Å². The maximum atomic E-state index is 12.7. The fourth-order valence-corrected chi connectivity index (χ4v) is 3.07. The number of carbonyl (C=O) groups excluding carboxylic acids is 1. The first-order valence-corrected chi connectivity index (χ1v) is 7.90. The van der Waals surface area contributed by atoms with Crippen molar-refractivity contribution < 1.29 is 19.4 Å². The van der Waals surface area contributed by atoms with Gasteiger partial charge in [0.1, 0.15) is 5.75 Å². The van der Waals surface area contributed by atoms with Crippen molar-refractivity contribution in [2.24, 2.45) is 0 Å². The molecule has 2 aromatic rings. The van der Waals surface area contributed by atoms with Crippen LogP contribution in [0.3, 0.4) is 0 Å². The second-order valence-corrected chi connectivity index (χ2v) is 5.98. The van der Waals surface area contributed by atoms with Crippen LogP contribution in [0.4, 0.5) is 0 Å². The molecule has 0 atom stereocenters. The van der Waals surface area contributed by atoms with Gasteiger partial charge in [-0.1, -0.05) is 11.6 Å². The summed E-state index contributed by atoms with van der Waals surface area (Å²) in [5.41, 5.74) is 3.12. The number of fused-ring (bicyclic) bond motifs is 1.